The van der Waals surface area contributed by atoms with E-state index >= 15 is 0 Å². The highest BCUT2D eigenvalue weighted by Gasteiger charge is 2.63. The van der Waals surface area contributed by atoms with Crippen molar-refractivity contribution in [2.24, 2.45) is 39.9 Å². The van der Waals surface area contributed by atoms with Crippen LogP contribution in [-0.4, -0.2) is 0 Å². The van der Waals surface area contributed by atoms with Crippen LogP contribution in [0.25, 0.3) is 0 Å². The van der Waals surface area contributed by atoms with Crippen LogP contribution in [0.3, 0.4) is 0 Å². The summed E-state index contributed by atoms with van der Waals surface area (Å²) in [6.45, 7) is 10.4. The van der Waals surface area contributed by atoms with Crippen LogP contribution in [0.15, 0.2) is 0 Å². The third-order valence-corrected chi connectivity index (χ3v) is 8.77. The summed E-state index contributed by atoms with van der Waals surface area (Å²) >= 11 is 0. The van der Waals surface area contributed by atoms with Crippen molar-refractivity contribution >= 4 is 0 Å². The van der Waals surface area contributed by atoms with Gasteiger partial charge in [0.05, 0.1) is 0 Å². The smallest absolute Gasteiger partial charge is 0.0258 e. The minimum absolute atomic E-state index is 0.607. The second kappa shape index (κ2) is 4.05. The van der Waals surface area contributed by atoms with Crippen LogP contribution in [0, 0.1) is 39.9 Å². The van der Waals surface area contributed by atoms with Crippen LogP contribution in [0.5, 0.6) is 0 Å². The maximum Gasteiger partial charge on any atom is -0.0258 e. The normalized spacial score (nSPS) is 57.0. The molecule has 0 aromatic heterocycles. The minimum atomic E-state index is 0.607. The molecule has 0 heterocycles. The predicted octanol–water partition coefficient (Wildman–Crippen LogP) is 6.06. The van der Waals surface area contributed by atoms with Gasteiger partial charge < -0.3 is 0 Å². The summed E-state index contributed by atoms with van der Waals surface area (Å²) in [4.78, 5) is 0. The monoisotopic (exact) mass is 274 g/mol. The fraction of sp³-hybridized carbons (Fsp3) is 1.00. The number of hydrogen-bond acceptors (Lipinski definition) is 0. The lowest BCUT2D eigenvalue weighted by molar-refractivity contribution is -0.144. The van der Waals surface area contributed by atoms with Crippen LogP contribution in [-0.2, 0) is 0 Å². The summed E-state index contributed by atoms with van der Waals surface area (Å²) < 4.78 is 0. The summed E-state index contributed by atoms with van der Waals surface area (Å²) in [6.07, 6.45) is 13.9. The van der Waals surface area contributed by atoms with Crippen molar-refractivity contribution in [3.63, 3.8) is 0 Å². The first-order valence-corrected chi connectivity index (χ1v) is 9.37. The van der Waals surface area contributed by atoms with E-state index in [0.29, 0.717) is 10.8 Å². The lowest BCUT2D eigenvalue weighted by atomic mass is 9.41. The minimum Gasteiger partial charge on any atom is -0.0622 e. The molecule has 0 aliphatic heterocycles. The summed E-state index contributed by atoms with van der Waals surface area (Å²) in [5, 5.41) is 0. The number of fused-ring (bicyclic) bond motifs is 3. The summed E-state index contributed by atoms with van der Waals surface area (Å²) in [6, 6.07) is 0. The predicted molar refractivity (Wildman–Crippen MR) is 85.5 cm³/mol. The Bertz CT molecular complexity index is 404. The Morgan fingerprint density at radius 2 is 1.60 bits per heavy atom. The van der Waals surface area contributed by atoms with E-state index in [2.05, 4.69) is 27.7 Å². The van der Waals surface area contributed by atoms with Crippen LogP contribution in [0.1, 0.15) is 85.5 Å². The molecule has 4 fully saturated rings. The molecule has 0 saturated heterocycles. The maximum absolute atomic E-state index is 2.72. The van der Waals surface area contributed by atoms with Crippen LogP contribution < -0.4 is 0 Å². The molecular weight excluding hydrogens is 240 g/mol. The van der Waals surface area contributed by atoms with Gasteiger partial charge in [0.15, 0.2) is 0 Å². The SMILES string of the molecule is C[C@@H]1C[C@]23CC[C@H]4C(C)(C)CCC[C@]4(C)[C@H]2CC[C@H]1C3. The molecule has 1 spiro atoms. The standard InChI is InChI=1S/C20H34/c1-14-12-20-11-8-16-18(2,3)9-5-10-19(16,4)17(20)7-6-15(14)13-20/h14-17H,5-13H2,1-4H3/t14-,15+,16+,17-,19+,20+/m1/s1. The highest BCUT2D eigenvalue weighted by Crippen LogP contribution is 2.72. The lowest BCUT2D eigenvalue weighted by Crippen LogP contribution is -2.55. The third-order valence-electron chi connectivity index (χ3n) is 8.77. The fourth-order valence-corrected chi connectivity index (χ4v) is 8.12. The zero-order chi connectivity index (χ0) is 14.2. The Labute approximate surface area is 126 Å². The Kier molecular flexibility index (Phi) is 2.76. The van der Waals surface area contributed by atoms with E-state index < -0.39 is 0 Å². The molecule has 4 aliphatic carbocycles. The first-order chi connectivity index (χ1) is 9.37. The maximum atomic E-state index is 2.72. The highest BCUT2D eigenvalue weighted by molar-refractivity contribution is 5.12. The molecule has 4 aliphatic rings. The fourth-order valence-electron chi connectivity index (χ4n) is 8.12. The first-order valence-electron chi connectivity index (χ1n) is 9.37. The van der Waals surface area contributed by atoms with E-state index in [1.54, 1.807) is 38.5 Å². The Morgan fingerprint density at radius 1 is 0.800 bits per heavy atom. The average Bonchev–Trinajstić information content (AvgIpc) is 2.58. The quantitative estimate of drug-likeness (QED) is 0.504. The second-order valence-electron chi connectivity index (χ2n) is 10.1. The summed E-state index contributed by atoms with van der Waals surface area (Å²) in [7, 11) is 0. The van der Waals surface area contributed by atoms with Gasteiger partial charge in [0.2, 0.25) is 0 Å². The van der Waals surface area contributed by atoms with Crippen LogP contribution >= 0.6 is 0 Å². The van der Waals surface area contributed by atoms with Crippen LogP contribution in [0.2, 0.25) is 0 Å². The number of hydrogen-bond donors (Lipinski definition) is 0. The molecule has 0 aromatic carbocycles. The molecular formula is C20H34. The van der Waals surface area contributed by atoms with Gasteiger partial charge in [0, 0.05) is 0 Å². The summed E-state index contributed by atoms with van der Waals surface area (Å²) in [5.74, 6) is 4.18. The lowest BCUT2D eigenvalue weighted by Gasteiger charge is -2.64. The van der Waals surface area contributed by atoms with Gasteiger partial charge in [0.25, 0.3) is 0 Å². The Balaban J connectivity index is 1.72. The van der Waals surface area contributed by atoms with Crippen molar-refractivity contribution in [2.75, 3.05) is 0 Å². The van der Waals surface area contributed by atoms with Gasteiger partial charge in [-0.2, -0.15) is 0 Å². The first kappa shape index (κ1) is 13.6. The third kappa shape index (κ3) is 1.60. The van der Waals surface area contributed by atoms with Crippen molar-refractivity contribution in [2.45, 2.75) is 85.5 Å². The molecule has 0 radical (unpaired) electrons. The van der Waals surface area contributed by atoms with Crippen LogP contribution in [0.4, 0.5) is 0 Å². The van der Waals surface area contributed by atoms with Gasteiger partial charge in [-0.3, -0.25) is 0 Å². The molecule has 4 rings (SSSR count). The van der Waals surface area contributed by atoms with Gasteiger partial charge in [-0.25, -0.2) is 0 Å². The molecule has 0 N–H and O–H groups in total. The highest BCUT2D eigenvalue weighted by atomic mass is 14.7. The van der Waals surface area contributed by atoms with Crippen molar-refractivity contribution in [1.29, 1.82) is 0 Å². The molecule has 0 unspecified atom stereocenters. The van der Waals surface area contributed by atoms with Gasteiger partial charge in [0.1, 0.15) is 0 Å². The zero-order valence-corrected chi connectivity index (χ0v) is 14.2. The van der Waals surface area contributed by atoms with E-state index in [0.717, 1.165) is 29.1 Å². The second-order valence-corrected chi connectivity index (χ2v) is 10.1. The zero-order valence-electron chi connectivity index (χ0n) is 14.2. The topological polar surface area (TPSA) is 0 Å². The molecule has 4 saturated carbocycles. The molecule has 0 amide bonds. The van der Waals surface area contributed by atoms with Gasteiger partial charge >= 0.3 is 0 Å². The van der Waals surface area contributed by atoms with E-state index in [-0.39, 0.29) is 0 Å². The number of rotatable bonds is 0. The van der Waals surface area contributed by atoms with Gasteiger partial charge in [-0.15, -0.1) is 0 Å². The largest absolute Gasteiger partial charge is 0.0622 e. The Morgan fingerprint density at radius 3 is 2.40 bits per heavy atom. The average molecular weight is 274 g/mol. The van der Waals surface area contributed by atoms with Crippen molar-refractivity contribution in [3.05, 3.63) is 0 Å². The summed E-state index contributed by atoms with van der Waals surface area (Å²) in [5.41, 5.74) is 2.06. The molecule has 0 aromatic rings. The van der Waals surface area contributed by atoms with E-state index in [4.69, 9.17) is 0 Å². The van der Waals surface area contributed by atoms with Gasteiger partial charge in [-0.05, 0) is 91.3 Å². The van der Waals surface area contributed by atoms with E-state index in [1.807, 2.05) is 0 Å². The van der Waals surface area contributed by atoms with Crippen molar-refractivity contribution < 1.29 is 0 Å². The van der Waals surface area contributed by atoms with E-state index in [9.17, 15) is 0 Å². The van der Waals surface area contributed by atoms with Gasteiger partial charge in [-0.1, -0.05) is 34.1 Å². The van der Waals surface area contributed by atoms with E-state index in [1.165, 1.54) is 19.3 Å². The molecule has 114 valence electrons. The Hall–Kier alpha value is 0. The van der Waals surface area contributed by atoms with Crippen molar-refractivity contribution in [3.8, 4) is 0 Å². The molecule has 20 heavy (non-hydrogen) atoms. The molecule has 6 atom stereocenters. The van der Waals surface area contributed by atoms with Crippen molar-refractivity contribution in [1.82, 2.24) is 0 Å². The molecule has 2 bridgehead atoms. The molecule has 0 heteroatoms. The molecule has 0 nitrogen and oxygen atoms in total.